The molecule has 0 aliphatic rings. The Morgan fingerprint density at radius 3 is 2.50 bits per heavy atom. The number of anilines is 1. The van der Waals surface area contributed by atoms with Crippen LogP contribution in [0.4, 0.5) is 5.69 Å². The van der Waals surface area contributed by atoms with Gasteiger partial charge in [-0.2, -0.15) is 0 Å². The number of esters is 1. The molecule has 116 valence electrons. The van der Waals surface area contributed by atoms with Gasteiger partial charge in [-0.25, -0.2) is 0 Å². The smallest absolute Gasteiger partial charge is 0.312 e. The Labute approximate surface area is 135 Å². The molecule has 0 saturated carbocycles. The van der Waals surface area contributed by atoms with Gasteiger partial charge in [-0.1, -0.05) is 11.8 Å². The third-order valence-electron chi connectivity index (χ3n) is 2.65. The molecule has 2 N–H and O–H groups in total. The van der Waals surface area contributed by atoms with Gasteiger partial charge in [-0.15, -0.1) is 0 Å². The monoisotopic (exact) mass is 316 g/mol. The van der Waals surface area contributed by atoms with E-state index < -0.39 is 5.60 Å². The summed E-state index contributed by atoms with van der Waals surface area (Å²) in [4.78, 5) is 18.2. The van der Waals surface area contributed by atoms with Crippen molar-refractivity contribution in [2.75, 3.05) is 5.73 Å². The number of nitrogens with zero attached hydrogens (tertiary/aromatic N) is 1. The molecule has 0 aliphatic carbocycles. The molecule has 0 bridgehead atoms. The lowest BCUT2D eigenvalue weighted by molar-refractivity contribution is -0.154. The molecule has 0 saturated heterocycles. The summed E-state index contributed by atoms with van der Waals surface area (Å²) in [6, 6.07) is 11.5. The first kappa shape index (κ1) is 16.4. The van der Waals surface area contributed by atoms with Crippen LogP contribution in [0.3, 0.4) is 0 Å². The molecule has 0 atom stereocenters. The molecule has 1 aromatic carbocycles. The fourth-order valence-corrected chi connectivity index (χ4v) is 2.68. The Bertz CT molecular complexity index is 648. The van der Waals surface area contributed by atoms with E-state index in [1.807, 2.05) is 57.2 Å². The normalized spacial score (nSPS) is 11.2. The lowest BCUT2D eigenvalue weighted by Crippen LogP contribution is -2.25. The van der Waals surface area contributed by atoms with Crippen molar-refractivity contribution in [1.82, 2.24) is 4.98 Å². The van der Waals surface area contributed by atoms with Gasteiger partial charge in [0.25, 0.3) is 0 Å². The van der Waals surface area contributed by atoms with Gasteiger partial charge in [0.2, 0.25) is 0 Å². The van der Waals surface area contributed by atoms with Crippen molar-refractivity contribution in [3.05, 3.63) is 48.3 Å². The molecule has 4 nitrogen and oxygen atoms in total. The van der Waals surface area contributed by atoms with Crippen LogP contribution >= 0.6 is 11.8 Å². The highest BCUT2D eigenvalue weighted by atomic mass is 32.2. The van der Waals surface area contributed by atoms with Crippen LogP contribution in [0, 0.1) is 0 Å². The fraction of sp³-hybridized carbons (Fsp3) is 0.294. The third kappa shape index (κ3) is 5.41. The molecule has 0 unspecified atom stereocenters. The molecular formula is C17H20N2O2S. The Kier molecular flexibility index (Phi) is 5.08. The quantitative estimate of drug-likeness (QED) is 0.688. The summed E-state index contributed by atoms with van der Waals surface area (Å²) in [5, 5.41) is 0. The van der Waals surface area contributed by atoms with Crippen LogP contribution in [0.25, 0.3) is 0 Å². The summed E-state index contributed by atoms with van der Waals surface area (Å²) in [6.07, 6.45) is 1.88. The van der Waals surface area contributed by atoms with Gasteiger partial charge in [-0.3, -0.25) is 9.78 Å². The van der Waals surface area contributed by atoms with Gasteiger partial charge in [0, 0.05) is 21.7 Å². The van der Waals surface area contributed by atoms with E-state index in [0.717, 1.165) is 15.5 Å². The molecule has 5 heteroatoms. The first-order valence-corrected chi connectivity index (χ1v) is 7.84. The number of ether oxygens (including phenoxy) is 1. The van der Waals surface area contributed by atoms with E-state index >= 15 is 0 Å². The van der Waals surface area contributed by atoms with Gasteiger partial charge in [0.05, 0.1) is 12.1 Å². The largest absolute Gasteiger partial charge is 0.460 e. The van der Waals surface area contributed by atoms with E-state index in [4.69, 9.17) is 10.5 Å². The Hall–Kier alpha value is -2.01. The molecule has 1 heterocycles. The second-order valence-electron chi connectivity index (χ2n) is 5.92. The molecular weight excluding hydrogens is 296 g/mol. The fourth-order valence-electron chi connectivity index (χ4n) is 1.81. The zero-order valence-electron chi connectivity index (χ0n) is 13.0. The SMILES string of the molecule is CC(C)(C)OC(=O)Cc1cc(Sc2ccc(N)cc2)ccn1. The highest BCUT2D eigenvalue weighted by Crippen LogP contribution is 2.28. The molecule has 2 aromatic rings. The number of hydrogen-bond acceptors (Lipinski definition) is 5. The third-order valence-corrected chi connectivity index (χ3v) is 3.65. The second-order valence-corrected chi connectivity index (χ2v) is 7.06. The molecule has 0 spiro atoms. The number of carbonyl (C=O) groups is 1. The summed E-state index contributed by atoms with van der Waals surface area (Å²) >= 11 is 1.60. The maximum Gasteiger partial charge on any atom is 0.312 e. The number of pyridine rings is 1. The minimum Gasteiger partial charge on any atom is -0.460 e. The molecule has 0 fully saturated rings. The number of nitrogens with two attached hydrogens (primary N) is 1. The van der Waals surface area contributed by atoms with E-state index in [-0.39, 0.29) is 12.4 Å². The van der Waals surface area contributed by atoms with Crippen molar-refractivity contribution < 1.29 is 9.53 Å². The zero-order valence-corrected chi connectivity index (χ0v) is 13.8. The van der Waals surface area contributed by atoms with E-state index in [0.29, 0.717) is 5.69 Å². The number of carbonyl (C=O) groups excluding carboxylic acids is 1. The average Bonchev–Trinajstić information content (AvgIpc) is 2.39. The Morgan fingerprint density at radius 1 is 1.18 bits per heavy atom. The standard InChI is InChI=1S/C17H20N2O2S/c1-17(2,3)21-16(20)11-13-10-15(8-9-19-13)22-14-6-4-12(18)5-7-14/h4-10H,11,18H2,1-3H3. The van der Waals surface area contributed by atoms with Crippen molar-refractivity contribution in [2.45, 2.75) is 42.6 Å². The molecule has 2 rings (SSSR count). The predicted molar refractivity (Wildman–Crippen MR) is 88.8 cm³/mol. The van der Waals surface area contributed by atoms with E-state index in [2.05, 4.69) is 4.98 Å². The van der Waals surface area contributed by atoms with Crippen LogP contribution in [-0.2, 0) is 16.0 Å². The number of hydrogen-bond donors (Lipinski definition) is 1. The number of benzene rings is 1. The van der Waals surface area contributed by atoms with Gasteiger partial charge in [0.15, 0.2) is 0 Å². The van der Waals surface area contributed by atoms with Crippen molar-refractivity contribution in [2.24, 2.45) is 0 Å². The predicted octanol–water partition coefficient (Wildman–Crippen LogP) is 3.70. The number of nitrogen functional groups attached to an aromatic ring is 1. The van der Waals surface area contributed by atoms with E-state index in [1.54, 1.807) is 18.0 Å². The van der Waals surface area contributed by atoms with Crippen LogP contribution in [0.5, 0.6) is 0 Å². The first-order valence-electron chi connectivity index (χ1n) is 7.02. The zero-order chi connectivity index (χ0) is 16.2. The highest BCUT2D eigenvalue weighted by molar-refractivity contribution is 7.99. The van der Waals surface area contributed by atoms with Crippen molar-refractivity contribution in [3.8, 4) is 0 Å². The summed E-state index contributed by atoms with van der Waals surface area (Å²) in [7, 11) is 0. The van der Waals surface area contributed by atoms with Crippen molar-refractivity contribution in [3.63, 3.8) is 0 Å². The summed E-state index contributed by atoms with van der Waals surface area (Å²) in [6.45, 7) is 5.56. The summed E-state index contributed by atoms with van der Waals surface area (Å²) in [5.41, 5.74) is 6.64. The number of aromatic nitrogens is 1. The molecule has 0 amide bonds. The summed E-state index contributed by atoms with van der Waals surface area (Å²) < 4.78 is 5.31. The molecule has 1 aromatic heterocycles. The van der Waals surface area contributed by atoms with Crippen LogP contribution in [0.15, 0.2) is 52.4 Å². The second kappa shape index (κ2) is 6.83. The van der Waals surface area contributed by atoms with Crippen LogP contribution in [-0.4, -0.2) is 16.6 Å². The lowest BCUT2D eigenvalue weighted by atomic mass is 10.2. The number of rotatable bonds is 4. The van der Waals surface area contributed by atoms with Crippen molar-refractivity contribution in [1.29, 1.82) is 0 Å². The van der Waals surface area contributed by atoms with Gasteiger partial charge >= 0.3 is 5.97 Å². The topological polar surface area (TPSA) is 65.2 Å². The lowest BCUT2D eigenvalue weighted by Gasteiger charge is -2.19. The van der Waals surface area contributed by atoms with Gasteiger partial charge in [-0.05, 0) is 57.2 Å². The van der Waals surface area contributed by atoms with Crippen LogP contribution in [0.1, 0.15) is 26.5 Å². The van der Waals surface area contributed by atoms with Gasteiger partial charge < -0.3 is 10.5 Å². The highest BCUT2D eigenvalue weighted by Gasteiger charge is 2.17. The maximum atomic E-state index is 11.9. The minimum atomic E-state index is -0.479. The molecule has 22 heavy (non-hydrogen) atoms. The Morgan fingerprint density at radius 2 is 1.86 bits per heavy atom. The van der Waals surface area contributed by atoms with Crippen molar-refractivity contribution >= 4 is 23.4 Å². The van der Waals surface area contributed by atoms with E-state index in [1.165, 1.54) is 0 Å². The summed E-state index contributed by atoms with van der Waals surface area (Å²) in [5.74, 6) is -0.269. The van der Waals surface area contributed by atoms with Crippen LogP contribution < -0.4 is 5.73 Å². The average molecular weight is 316 g/mol. The van der Waals surface area contributed by atoms with Crippen LogP contribution in [0.2, 0.25) is 0 Å². The first-order chi connectivity index (χ1) is 10.3. The maximum absolute atomic E-state index is 11.9. The molecule has 0 aliphatic heterocycles. The Balaban J connectivity index is 2.03. The van der Waals surface area contributed by atoms with E-state index in [9.17, 15) is 4.79 Å². The van der Waals surface area contributed by atoms with Gasteiger partial charge in [0.1, 0.15) is 5.60 Å². The molecule has 0 radical (unpaired) electrons. The minimum absolute atomic E-state index is 0.174.